The average molecular weight is 409 g/mol. The van der Waals surface area contributed by atoms with E-state index in [0.717, 1.165) is 30.5 Å². The highest BCUT2D eigenvalue weighted by molar-refractivity contribution is 6.04. The van der Waals surface area contributed by atoms with Gasteiger partial charge in [0, 0.05) is 23.8 Å². The van der Waals surface area contributed by atoms with Crippen molar-refractivity contribution in [2.45, 2.75) is 32.7 Å². The van der Waals surface area contributed by atoms with E-state index in [1.807, 2.05) is 30.0 Å². The molecule has 0 aliphatic carbocycles. The van der Waals surface area contributed by atoms with Crippen LogP contribution in [0.3, 0.4) is 0 Å². The van der Waals surface area contributed by atoms with E-state index in [2.05, 4.69) is 17.4 Å². The number of carboxylic acid groups (broad SMARTS) is 1. The predicted molar refractivity (Wildman–Crippen MR) is 116 cm³/mol. The van der Waals surface area contributed by atoms with Gasteiger partial charge in [-0.2, -0.15) is 0 Å². The summed E-state index contributed by atoms with van der Waals surface area (Å²) in [6, 6.07) is 13.0. The molecule has 1 aliphatic rings. The monoisotopic (exact) mass is 409 g/mol. The summed E-state index contributed by atoms with van der Waals surface area (Å²) in [4.78, 5) is 30.8. The Morgan fingerprint density at radius 1 is 1.23 bits per heavy atom. The van der Waals surface area contributed by atoms with Crippen LogP contribution >= 0.6 is 0 Å². The summed E-state index contributed by atoms with van der Waals surface area (Å²) in [7, 11) is 0. The molecule has 7 nitrogen and oxygen atoms in total. The number of anilines is 1. The third-order valence-corrected chi connectivity index (χ3v) is 5.18. The molecule has 1 amide bonds. The molecule has 0 spiro atoms. The first kappa shape index (κ1) is 21.5. The van der Waals surface area contributed by atoms with Crippen molar-refractivity contribution in [1.29, 1.82) is 0 Å². The summed E-state index contributed by atoms with van der Waals surface area (Å²) in [5.74, 6) is -1.02. The Balaban J connectivity index is 1.73. The zero-order valence-electron chi connectivity index (χ0n) is 17.3. The molecule has 7 heteroatoms. The summed E-state index contributed by atoms with van der Waals surface area (Å²) in [6.45, 7) is 5.16. The maximum atomic E-state index is 12.7. The third-order valence-electron chi connectivity index (χ3n) is 5.18. The van der Waals surface area contributed by atoms with Crippen molar-refractivity contribution in [3.8, 4) is 0 Å². The van der Waals surface area contributed by atoms with Gasteiger partial charge < -0.3 is 15.3 Å². The fourth-order valence-electron chi connectivity index (χ4n) is 3.76. The van der Waals surface area contributed by atoms with Crippen LogP contribution < -0.4 is 5.32 Å². The minimum absolute atomic E-state index is 0.0213. The molecule has 1 aliphatic heterocycles. The maximum Gasteiger partial charge on any atom is 0.317 e. The third kappa shape index (κ3) is 5.24. The molecule has 0 aromatic heterocycles. The van der Waals surface area contributed by atoms with Gasteiger partial charge in [-0.25, -0.2) is 0 Å². The van der Waals surface area contributed by atoms with Crippen LogP contribution in [0.4, 0.5) is 5.69 Å². The minimum Gasteiger partial charge on any atom is -0.480 e. The number of oxime groups is 1. The van der Waals surface area contributed by atoms with Crippen LogP contribution in [0, 0.1) is 0 Å². The number of fused-ring (bicyclic) bond motifs is 1. The van der Waals surface area contributed by atoms with Gasteiger partial charge in [0.05, 0.1) is 12.8 Å². The number of benzene rings is 2. The van der Waals surface area contributed by atoms with Crippen molar-refractivity contribution in [3.63, 3.8) is 0 Å². The van der Waals surface area contributed by atoms with Gasteiger partial charge in [0.1, 0.15) is 6.61 Å². The highest BCUT2D eigenvalue weighted by Gasteiger charge is 2.27. The summed E-state index contributed by atoms with van der Waals surface area (Å²) >= 11 is 0. The average Bonchev–Trinajstić information content (AvgIpc) is 2.74. The fourth-order valence-corrected chi connectivity index (χ4v) is 3.76. The zero-order valence-corrected chi connectivity index (χ0v) is 17.3. The Bertz CT molecular complexity index is 925. The SMILES string of the molecule is CCON=Cc1ccc(C(=O)Nc2ccc3c(c2)C(CC)N(CC(=O)O)CC3)cc1. The molecule has 1 heterocycles. The molecule has 0 saturated heterocycles. The van der Waals surface area contributed by atoms with E-state index in [1.54, 1.807) is 30.5 Å². The van der Waals surface area contributed by atoms with Gasteiger partial charge >= 0.3 is 5.97 Å². The van der Waals surface area contributed by atoms with E-state index in [-0.39, 0.29) is 18.5 Å². The van der Waals surface area contributed by atoms with Crippen LogP contribution in [0.15, 0.2) is 47.6 Å². The van der Waals surface area contributed by atoms with Crippen molar-refractivity contribution in [3.05, 3.63) is 64.7 Å². The van der Waals surface area contributed by atoms with Crippen molar-refractivity contribution >= 4 is 23.8 Å². The van der Waals surface area contributed by atoms with Gasteiger partial charge in [-0.1, -0.05) is 30.3 Å². The molecule has 3 rings (SSSR count). The van der Waals surface area contributed by atoms with Gasteiger partial charge in [0.25, 0.3) is 5.91 Å². The van der Waals surface area contributed by atoms with Gasteiger partial charge in [0.2, 0.25) is 0 Å². The smallest absolute Gasteiger partial charge is 0.317 e. The summed E-state index contributed by atoms with van der Waals surface area (Å²) < 4.78 is 0. The van der Waals surface area contributed by atoms with E-state index < -0.39 is 5.97 Å². The van der Waals surface area contributed by atoms with Gasteiger partial charge in [-0.15, -0.1) is 0 Å². The highest BCUT2D eigenvalue weighted by Crippen LogP contribution is 2.33. The lowest BCUT2D eigenvalue weighted by atomic mass is 9.90. The van der Waals surface area contributed by atoms with Crippen LogP contribution in [0.2, 0.25) is 0 Å². The second kappa shape index (κ2) is 10.0. The number of hydrogen-bond acceptors (Lipinski definition) is 5. The molecule has 1 unspecified atom stereocenters. The Kier molecular flexibility index (Phi) is 7.19. The number of carboxylic acids is 1. The van der Waals surface area contributed by atoms with Crippen molar-refractivity contribution in [2.24, 2.45) is 5.16 Å². The molecule has 0 saturated carbocycles. The zero-order chi connectivity index (χ0) is 21.5. The number of nitrogens with zero attached hydrogens (tertiary/aromatic N) is 2. The Labute approximate surface area is 176 Å². The van der Waals surface area contributed by atoms with E-state index in [1.165, 1.54) is 5.56 Å². The second-order valence-corrected chi connectivity index (χ2v) is 7.18. The Morgan fingerprint density at radius 2 is 2.00 bits per heavy atom. The second-order valence-electron chi connectivity index (χ2n) is 7.18. The largest absolute Gasteiger partial charge is 0.480 e. The fraction of sp³-hybridized carbons (Fsp3) is 0.348. The number of rotatable bonds is 8. The normalized spacial score (nSPS) is 16.3. The molecule has 158 valence electrons. The molecule has 1 atom stereocenters. The molecule has 0 bridgehead atoms. The molecule has 2 N–H and O–H groups in total. The number of aliphatic carboxylic acids is 1. The molecule has 2 aromatic rings. The van der Waals surface area contributed by atoms with Gasteiger partial charge in [-0.3, -0.25) is 14.5 Å². The summed E-state index contributed by atoms with van der Waals surface area (Å²) in [6.07, 6.45) is 3.21. The lowest BCUT2D eigenvalue weighted by Crippen LogP contribution is -2.38. The molecular formula is C23H27N3O4. The van der Waals surface area contributed by atoms with Crippen LogP contribution in [0.25, 0.3) is 0 Å². The van der Waals surface area contributed by atoms with Crippen LogP contribution in [-0.2, 0) is 16.1 Å². The van der Waals surface area contributed by atoms with Crippen LogP contribution in [0.1, 0.15) is 53.4 Å². The Morgan fingerprint density at radius 3 is 2.67 bits per heavy atom. The molecular weight excluding hydrogens is 382 g/mol. The van der Waals surface area contributed by atoms with Crippen molar-refractivity contribution < 1.29 is 19.5 Å². The van der Waals surface area contributed by atoms with E-state index in [0.29, 0.717) is 17.9 Å². The lowest BCUT2D eigenvalue weighted by Gasteiger charge is -2.36. The standard InChI is InChI=1S/C23H27N3O4/c1-3-21-20-13-19(10-9-17(20)11-12-26(21)15-22(27)28)25-23(29)18-7-5-16(6-8-18)14-24-30-4-2/h5-10,13-14,21H,3-4,11-12,15H2,1-2H3,(H,25,29)(H,27,28). The first-order chi connectivity index (χ1) is 14.5. The first-order valence-corrected chi connectivity index (χ1v) is 10.2. The van der Waals surface area contributed by atoms with Crippen LogP contribution in [-0.4, -0.2) is 47.8 Å². The lowest BCUT2D eigenvalue weighted by molar-refractivity contribution is -0.139. The minimum atomic E-state index is -0.823. The van der Waals surface area contributed by atoms with E-state index in [9.17, 15) is 14.7 Å². The van der Waals surface area contributed by atoms with Crippen molar-refractivity contribution in [2.75, 3.05) is 25.0 Å². The topological polar surface area (TPSA) is 91.2 Å². The number of carbonyl (C=O) groups excluding carboxylic acids is 1. The first-order valence-electron chi connectivity index (χ1n) is 10.2. The molecule has 0 radical (unpaired) electrons. The number of nitrogens with one attached hydrogen (secondary N) is 1. The summed E-state index contributed by atoms with van der Waals surface area (Å²) in [5, 5.41) is 16.0. The number of amides is 1. The summed E-state index contributed by atoms with van der Waals surface area (Å²) in [5.41, 5.74) is 4.39. The molecule has 30 heavy (non-hydrogen) atoms. The van der Waals surface area contributed by atoms with Gasteiger partial charge in [-0.05, 0) is 60.7 Å². The highest BCUT2D eigenvalue weighted by atomic mass is 16.6. The predicted octanol–water partition coefficient (Wildman–Crippen LogP) is 3.70. The molecule has 2 aromatic carbocycles. The van der Waals surface area contributed by atoms with Crippen molar-refractivity contribution in [1.82, 2.24) is 4.90 Å². The van der Waals surface area contributed by atoms with E-state index >= 15 is 0 Å². The van der Waals surface area contributed by atoms with Crippen LogP contribution in [0.5, 0.6) is 0 Å². The number of hydrogen-bond donors (Lipinski definition) is 2. The maximum absolute atomic E-state index is 12.7. The number of carbonyl (C=O) groups is 2. The molecule has 0 fully saturated rings. The Hall–Kier alpha value is -3.19. The van der Waals surface area contributed by atoms with E-state index in [4.69, 9.17) is 4.84 Å². The van der Waals surface area contributed by atoms with Gasteiger partial charge in [0.15, 0.2) is 0 Å². The quantitative estimate of drug-likeness (QED) is 0.512.